The fourth-order valence-corrected chi connectivity index (χ4v) is 4.00. The molecule has 0 aromatic heterocycles. The summed E-state index contributed by atoms with van der Waals surface area (Å²) in [5.74, 6) is -1.62. The Kier molecular flexibility index (Phi) is 7.14. The summed E-state index contributed by atoms with van der Waals surface area (Å²) in [5, 5.41) is 0. The van der Waals surface area contributed by atoms with Gasteiger partial charge in [-0.15, -0.1) is 24.2 Å². The summed E-state index contributed by atoms with van der Waals surface area (Å²) in [5.41, 5.74) is 0.291. The summed E-state index contributed by atoms with van der Waals surface area (Å²) < 4.78 is 29.0. The molecule has 2 saturated heterocycles. The van der Waals surface area contributed by atoms with E-state index in [9.17, 15) is 9.59 Å². The van der Waals surface area contributed by atoms with E-state index in [0.717, 1.165) is 5.56 Å². The van der Waals surface area contributed by atoms with Crippen LogP contribution in [-0.4, -0.2) is 54.3 Å². The molecule has 2 aromatic rings. The molecule has 2 aromatic carbocycles. The highest BCUT2D eigenvalue weighted by molar-refractivity contribution is 7.80. The number of ether oxygens (including phenoxy) is 5. The van der Waals surface area contributed by atoms with Crippen LogP contribution in [0, 0.1) is 0 Å². The van der Waals surface area contributed by atoms with Gasteiger partial charge in [-0.3, -0.25) is 4.79 Å². The summed E-state index contributed by atoms with van der Waals surface area (Å²) in [6, 6.07) is 17.8. The Bertz CT molecular complexity index is 897. The minimum Gasteiger partial charge on any atom is -0.454 e. The van der Waals surface area contributed by atoms with Gasteiger partial charge < -0.3 is 23.7 Å². The number of fused-ring (bicyclic) bond motifs is 1. The zero-order chi connectivity index (χ0) is 21.8. The number of esters is 2. The highest BCUT2D eigenvalue weighted by atomic mass is 35.5. The monoisotopic (exact) mass is 464 g/mol. The second kappa shape index (κ2) is 10.0. The normalized spacial score (nSPS) is 30.1. The maximum atomic E-state index is 12.7. The summed E-state index contributed by atoms with van der Waals surface area (Å²) in [4.78, 5) is 24.7. The SMILES string of the molecule is O=C(CCl)O[C@@H]1[C@@H](OC(=O)c2ccccc2)[C@H](S)O[C@@H]2COC(c3ccccc3)O[C@H]12. The predicted molar refractivity (Wildman–Crippen MR) is 114 cm³/mol. The van der Waals surface area contributed by atoms with Crippen LogP contribution in [-0.2, 0) is 28.5 Å². The summed E-state index contributed by atoms with van der Waals surface area (Å²) in [6.45, 7) is 0.190. The van der Waals surface area contributed by atoms with Crippen LogP contribution in [0.5, 0.6) is 0 Å². The average Bonchev–Trinajstić information content (AvgIpc) is 2.82. The van der Waals surface area contributed by atoms with E-state index in [1.807, 2.05) is 30.3 Å². The zero-order valence-corrected chi connectivity index (χ0v) is 18.0. The van der Waals surface area contributed by atoms with Crippen LogP contribution in [0.25, 0.3) is 0 Å². The standard InChI is InChI=1S/C22H21ClO7S/c23-11-16(24)28-18-17-15(12-26-21(30-17)14-9-5-2-6-10-14)27-22(31)19(18)29-20(25)13-7-3-1-4-8-13/h1-10,15,17-19,21-22,31H,11-12H2/t15-,17+,18+,19-,21?,22+/m1/s1. The van der Waals surface area contributed by atoms with Crippen molar-refractivity contribution >= 4 is 36.2 Å². The third-order valence-electron chi connectivity index (χ3n) is 5.00. The molecule has 0 saturated carbocycles. The van der Waals surface area contributed by atoms with E-state index in [-0.39, 0.29) is 12.5 Å². The van der Waals surface area contributed by atoms with E-state index in [1.54, 1.807) is 30.3 Å². The van der Waals surface area contributed by atoms with E-state index >= 15 is 0 Å². The van der Waals surface area contributed by atoms with Crippen LogP contribution in [0.15, 0.2) is 60.7 Å². The van der Waals surface area contributed by atoms with Gasteiger partial charge in [0.15, 0.2) is 18.5 Å². The third-order valence-corrected chi connectivity index (χ3v) is 5.64. The van der Waals surface area contributed by atoms with Gasteiger partial charge in [-0.1, -0.05) is 48.5 Å². The molecule has 0 spiro atoms. The Morgan fingerprint density at radius 1 is 0.968 bits per heavy atom. The maximum absolute atomic E-state index is 12.7. The van der Waals surface area contributed by atoms with E-state index in [4.69, 9.17) is 35.3 Å². The van der Waals surface area contributed by atoms with Gasteiger partial charge in [-0.2, -0.15) is 0 Å². The van der Waals surface area contributed by atoms with Gasteiger partial charge in [0.05, 0.1) is 12.2 Å². The van der Waals surface area contributed by atoms with E-state index < -0.39 is 48.1 Å². The number of hydrogen-bond acceptors (Lipinski definition) is 8. The minimum absolute atomic E-state index is 0.190. The van der Waals surface area contributed by atoms with Crippen molar-refractivity contribution in [3.8, 4) is 0 Å². The first-order valence-electron chi connectivity index (χ1n) is 9.74. The average molecular weight is 465 g/mol. The fraction of sp³-hybridized carbons (Fsp3) is 0.364. The number of thiol groups is 1. The van der Waals surface area contributed by atoms with E-state index in [1.165, 1.54) is 0 Å². The van der Waals surface area contributed by atoms with Crippen molar-refractivity contribution in [1.82, 2.24) is 0 Å². The van der Waals surface area contributed by atoms with E-state index in [0.29, 0.717) is 5.56 Å². The molecule has 7 nitrogen and oxygen atoms in total. The lowest BCUT2D eigenvalue weighted by Crippen LogP contribution is -2.62. The molecule has 31 heavy (non-hydrogen) atoms. The van der Waals surface area contributed by atoms with Gasteiger partial charge in [0.1, 0.15) is 23.5 Å². The Balaban J connectivity index is 1.58. The molecule has 2 aliphatic heterocycles. The molecule has 4 rings (SSSR count). The van der Waals surface area contributed by atoms with Crippen molar-refractivity contribution in [2.24, 2.45) is 0 Å². The summed E-state index contributed by atoms with van der Waals surface area (Å²) in [7, 11) is 0. The van der Waals surface area contributed by atoms with Crippen molar-refractivity contribution in [3.63, 3.8) is 0 Å². The van der Waals surface area contributed by atoms with Gasteiger partial charge in [0.2, 0.25) is 0 Å². The molecule has 1 unspecified atom stereocenters. The summed E-state index contributed by atoms with van der Waals surface area (Å²) >= 11 is 10.1. The Morgan fingerprint density at radius 2 is 1.65 bits per heavy atom. The number of benzene rings is 2. The fourth-order valence-electron chi connectivity index (χ4n) is 3.55. The molecule has 0 aliphatic carbocycles. The third kappa shape index (κ3) is 5.05. The van der Waals surface area contributed by atoms with Gasteiger partial charge in [-0.05, 0) is 12.1 Å². The molecule has 2 aliphatic rings. The first-order valence-corrected chi connectivity index (χ1v) is 10.8. The molecule has 0 N–H and O–H groups in total. The molecular formula is C22H21ClO7S. The van der Waals surface area contributed by atoms with Crippen LogP contribution >= 0.6 is 24.2 Å². The number of carbonyl (C=O) groups excluding carboxylic acids is 2. The number of hydrogen-bond donors (Lipinski definition) is 1. The van der Waals surface area contributed by atoms with Crippen LogP contribution < -0.4 is 0 Å². The molecule has 0 radical (unpaired) electrons. The maximum Gasteiger partial charge on any atom is 0.338 e. The quantitative estimate of drug-likeness (QED) is 0.413. The Labute approximate surface area is 189 Å². The van der Waals surface area contributed by atoms with Gasteiger partial charge >= 0.3 is 11.9 Å². The number of halogens is 1. The molecule has 0 amide bonds. The second-order valence-electron chi connectivity index (χ2n) is 7.07. The van der Waals surface area contributed by atoms with Crippen molar-refractivity contribution < 1.29 is 33.3 Å². The first kappa shape index (κ1) is 22.1. The summed E-state index contributed by atoms with van der Waals surface area (Å²) in [6.07, 6.45) is -4.00. The zero-order valence-electron chi connectivity index (χ0n) is 16.3. The smallest absolute Gasteiger partial charge is 0.338 e. The lowest BCUT2D eigenvalue weighted by molar-refractivity contribution is -0.319. The van der Waals surface area contributed by atoms with Gasteiger partial charge in [-0.25, -0.2) is 4.79 Å². The predicted octanol–water partition coefficient (Wildman–Crippen LogP) is 3.13. The molecular weight excluding hydrogens is 444 g/mol. The Morgan fingerprint density at radius 3 is 2.32 bits per heavy atom. The highest BCUT2D eigenvalue weighted by Gasteiger charge is 2.52. The van der Waals surface area contributed by atoms with Gasteiger partial charge in [0, 0.05) is 5.56 Å². The van der Waals surface area contributed by atoms with Crippen LogP contribution in [0.2, 0.25) is 0 Å². The van der Waals surface area contributed by atoms with Gasteiger partial charge in [0.25, 0.3) is 0 Å². The molecule has 0 bridgehead atoms. The van der Waals surface area contributed by atoms with Crippen molar-refractivity contribution in [2.75, 3.05) is 12.5 Å². The van der Waals surface area contributed by atoms with Crippen molar-refractivity contribution in [1.29, 1.82) is 0 Å². The topological polar surface area (TPSA) is 80.3 Å². The highest BCUT2D eigenvalue weighted by Crippen LogP contribution is 2.37. The number of alkyl halides is 1. The van der Waals surface area contributed by atoms with E-state index in [2.05, 4.69) is 12.6 Å². The minimum atomic E-state index is -1.01. The molecule has 164 valence electrons. The van der Waals surface area contributed by atoms with Crippen LogP contribution in [0.4, 0.5) is 0 Å². The molecule has 9 heteroatoms. The van der Waals surface area contributed by atoms with Crippen LogP contribution in [0.1, 0.15) is 22.2 Å². The first-order chi connectivity index (χ1) is 15.1. The van der Waals surface area contributed by atoms with Crippen molar-refractivity contribution in [3.05, 3.63) is 71.8 Å². The lowest BCUT2D eigenvalue weighted by atomic mass is 9.98. The molecule has 2 heterocycles. The Hall–Kier alpha value is -2.10. The number of carbonyl (C=O) groups is 2. The van der Waals surface area contributed by atoms with Crippen molar-refractivity contribution in [2.45, 2.75) is 36.1 Å². The second-order valence-corrected chi connectivity index (χ2v) is 7.84. The largest absolute Gasteiger partial charge is 0.454 e. The molecule has 2 fully saturated rings. The van der Waals surface area contributed by atoms with Crippen LogP contribution in [0.3, 0.4) is 0 Å². The molecule has 6 atom stereocenters. The lowest BCUT2D eigenvalue weighted by Gasteiger charge is -2.47. The number of rotatable bonds is 5.